The summed E-state index contributed by atoms with van der Waals surface area (Å²) < 4.78 is 0. The SMILES string of the molecule is CNC(=O)c1ccc(Cl)c(N(CC(=O)NCCNC(C)C)CC(=O)N(C)N2Cc3ccccc3C2)c1. The van der Waals surface area contributed by atoms with Gasteiger partial charge in [0.1, 0.15) is 0 Å². The maximum absolute atomic E-state index is 13.3. The Hall–Kier alpha value is -3.14. The molecule has 194 valence electrons. The number of hydrazine groups is 1. The van der Waals surface area contributed by atoms with Gasteiger partial charge < -0.3 is 20.9 Å². The number of carbonyl (C=O) groups excluding carboxylic acids is 3. The Kier molecular flexibility index (Phi) is 9.69. The number of amides is 3. The van der Waals surface area contributed by atoms with E-state index in [1.54, 1.807) is 42.2 Å². The van der Waals surface area contributed by atoms with Gasteiger partial charge in [-0.1, -0.05) is 49.7 Å². The standard InChI is InChI=1S/C26H35ClN6O3/c1-18(2)29-11-12-30-24(34)16-32(23-13-19(26(36)28-3)9-10-22(23)27)17-25(35)31(4)33-14-20-7-5-6-8-21(20)15-33/h5-10,13,18,29H,11-12,14-17H2,1-4H3,(H,28,36)(H,30,34). The molecule has 0 atom stereocenters. The molecule has 1 aliphatic heterocycles. The first-order valence-corrected chi connectivity index (χ1v) is 12.4. The Morgan fingerprint density at radius 3 is 2.31 bits per heavy atom. The lowest BCUT2D eigenvalue weighted by atomic mass is 10.1. The van der Waals surface area contributed by atoms with Crippen molar-refractivity contribution in [3.05, 3.63) is 64.2 Å². The first kappa shape index (κ1) is 27.4. The van der Waals surface area contributed by atoms with E-state index in [1.807, 2.05) is 31.0 Å². The highest BCUT2D eigenvalue weighted by Crippen LogP contribution is 2.28. The lowest BCUT2D eigenvalue weighted by Crippen LogP contribution is -2.48. The minimum absolute atomic E-state index is 0.0849. The molecule has 1 aliphatic rings. The van der Waals surface area contributed by atoms with Crippen LogP contribution in [0.1, 0.15) is 35.3 Å². The number of benzene rings is 2. The van der Waals surface area contributed by atoms with E-state index in [0.717, 1.165) is 0 Å². The number of rotatable bonds is 11. The van der Waals surface area contributed by atoms with Crippen molar-refractivity contribution in [1.82, 2.24) is 26.0 Å². The Bertz CT molecular complexity index is 1070. The van der Waals surface area contributed by atoms with Crippen LogP contribution in [-0.4, -0.2) is 74.1 Å². The second-order valence-electron chi connectivity index (χ2n) is 9.07. The molecule has 0 unspecified atom stereocenters. The first-order chi connectivity index (χ1) is 17.2. The number of halogens is 1. The van der Waals surface area contributed by atoms with Gasteiger partial charge in [0.2, 0.25) is 5.91 Å². The van der Waals surface area contributed by atoms with Crippen molar-refractivity contribution >= 4 is 35.0 Å². The predicted molar refractivity (Wildman–Crippen MR) is 142 cm³/mol. The van der Waals surface area contributed by atoms with Gasteiger partial charge in [-0.25, -0.2) is 5.01 Å². The zero-order valence-corrected chi connectivity index (χ0v) is 22.1. The summed E-state index contributed by atoms with van der Waals surface area (Å²) in [6.07, 6.45) is 0. The number of nitrogens with zero attached hydrogens (tertiary/aromatic N) is 3. The van der Waals surface area contributed by atoms with Crippen LogP contribution in [0.2, 0.25) is 5.02 Å². The maximum atomic E-state index is 13.3. The molecule has 9 nitrogen and oxygen atoms in total. The smallest absolute Gasteiger partial charge is 0.256 e. The summed E-state index contributed by atoms with van der Waals surface area (Å²) in [4.78, 5) is 40.0. The van der Waals surface area contributed by atoms with Crippen molar-refractivity contribution in [3.8, 4) is 0 Å². The molecule has 0 saturated heterocycles. The van der Waals surface area contributed by atoms with Crippen LogP contribution in [0.25, 0.3) is 0 Å². The molecular weight excluding hydrogens is 480 g/mol. The van der Waals surface area contributed by atoms with Crippen molar-refractivity contribution in [2.45, 2.75) is 33.0 Å². The summed E-state index contributed by atoms with van der Waals surface area (Å²) in [5, 5.41) is 12.6. The van der Waals surface area contributed by atoms with Crippen molar-refractivity contribution in [2.24, 2.45) is 0 Å². The molecule has 0 saturated carbocycles. The van der Waals surface area contributed by atoms with Crippen molar-refractivity contribution in [2.75, 3.05) is 45.2 Å². The van der Waals surface area contributed by atoms with E-state index >= 15 is 0 Å². The van der Waals surface area contributed by atoms with Gasteiger partial charge in [0.25, 0.3) is 11.8 Å². The molecule has 0 spiro atoms. The first-order valence-electron chi connectivity index (χ1n) is 12.0. The highest BCUT2D eigenvalue weighted by atomic mass is 35.5. The molecule has 10 heteroatoms. The zero-order chi connectivity index (χ0) is 26.2. The molecule has 2 aromatic carbocycles. The summed E-state index contributed by atoms with van der Waals surface area (Å²) in [5.74, 6) is -0.722. The number of hydrogen-bond donors (Lipinski definition) is 3. The van der Waals surface area contributed by atoms with Crippen LogP contribution in [0.3, 0.4) is 0 Å². The van der Waals surface area contributed by atoms with Gasteiger partial charge >= 0.3 is 0 Å². The Labute approximate surface area is 217 Å². The predicted octanol–water partition coefficient (Wildman–Crippen LogP) is 2.01. The molecule has 0 bridgehead atoms. The van der Waals surface area contributed by atoms with Crippen LogP contribution in [0.4, 0.5) is 5.69 Å². The summed E-state index contributed by atoms with van der Waals surface area (Å²) in [6, 6.07) is 13.2. The average Bonchev–Trinajstić information content (AvgIpc) is 3.29. The van der Waals surface area contributed by atoms with E-state index < -0.39 is 0 Å². The largest absolute Gasteiger partial charge is 0.355 e. The fourth-order valence-electron chi connectivity index (χ4n) is 4.01. The van der Waals surface area contributed by atoms with Gasteiger partial charge in [0, 0.05) is 51.9 Å². The molecule has 0 fully saturated rings. The topological polar surface area (TPSA) is 97.0 Å². The second kappa shape index (κ2) is 12.7. The molecule has 3 N–H and O–H groups in total. The zero-order valence-electron chi connectivity index (χ0n) is 21.3. The summed E-state index contributed by atoms with van der Waals surface area (Å²) >= 11 is 6.48. The van der Waals surface area contributed by atoms with Crippen LogP contribution >= 0.6 is 11.6 Å². The fraction of sp³-hybridized carbons (Fsp3) is 0.423. The molecule has 0 radical (unpaired) electrons. The van der Waals surface area contributed by atoms with Crippen LogP contribution in [-0.2, 0) is 22.7 Å². The van der Waals surface area contributed by atoms with Crippen molar-refractivity contribution in [1.29, 1.82) is 0 Å². The monoisotopic (exact) mass is 514 g/mol. The Balaban J connectivity index is 1.75. The van der Waals surface area contributed by atoms with E-state index in [4.69, 9.17) is 11.6 Å². The minimum Gasteiger partial charge on any atom is -0.355 e. The van der Waals surface area contributed by atoms with E-state index in [-0.39, 0.29) is 30.8 Å². The van der Waals surface area contributed by atoms with Gasteiger partial charge in [-0.15, -0.1) is 0 Å². The number of likely N-dealkylation sites (N-methyl/N-ethyl adjacent to an activating group) is 1. The number of nitrogens with one attached hydrogen (secondary N) is 3. The quantitative estimate of drug-likeness (QED) is 0.397. The summed E-state index contributed by atoms with van der Waals surface area (Å²) in [7, 11) is 3.27. The normalized spacial score (nSPS) is 12.8. The molecule has 2 aromatic rings. The maximum Gasteiger partial charge on any atom is 0.256 e. The fourth-order valence-corrected chi connectivity index (χ4v) is 4.25. The summed E-state index contributed by atoms with van der Waals surface area (Å²) in [5.41, 5.74) is 3.20. The second-order valence-corrected chi connectivity index (χ2v) is 9.48. The lowest BCUT2D eigenvalue weighted by molar-refractivity contribution is -0.145. The molecule has 0 aliphatic carbocycles. The molecule has 0 aromatic heterocycles. The van der Waals surface area contributed by atoms with Crippen LogP contribution < -0.4 is 20.9 Å². The van der Waals surface area contributed by atoms with Gasteiger partial charge in [0.15, 0.2) is 0 Å². The Morgan fingerprint density at radius 1 is 1.03 bits per heavy atom. The van der Waals surface area contributed by atoms with Gasteiger partial charge in [-0.3, -0.25) is 19.4 Å². The minimum atomic E-state index is -0.282. The number of fused-ring (bicyclic) bond motifs is 1. The van der Waals surface area contributed by atoms with Crippen molar-refractivity contribution in [3.63, 3.8) is 0 Å². The Morgan fingerprint density at radius 2 is 1.69 bits per heavy atom. The molecule has 36 heavy (non-hydrogen) atoms. The van der Waals surface area contributed by atoms with E-state index in [2.05, 4.69) is 28.1 Å². The van der Waals surface area contributed by atoms with Gasteiger partial charge in [-0.2, -0.15) is 0 Å². The molecular formula is C26H35ClN6O3. The number of hydrogen-bond acceptors (Lipinski definition) is 6. The average molecular weight is 515 g/mol. The molecule has 3 rings (SSSR count). The van der Waals surface area contributed by atoms with Gasteiger partial charge in [0.05, 0.1) is 23.8 Å². The van der Waals surface area contributed by atoms with Crippen LogP contribution in [0.5, 0.6) is 0 Å². The van der Waals surface area contributed by atoms with E-state index in [9.17, 15) is 14.4 Å². The summed E-state index contributed by atoms with van der Waals surface area (Å²) in [6.45, 7) is 6.25. The third-order valence-corrected chi connectivity index (χ3v) is 6.37. The molecule has 3 amide bonds. The number of anilines is 1. The van der Waals surface area contributed by atoms with Crippen LogP contribution in [0, 0.1) is 0 Å². The third kappa shape index (κ3) is 7.19. The van der Waals surface area contributed by atoms with E-state index in [0.29, 0.717) is 48.5 Å². The molecule has 1 heterocycles. The van der Waals surface area contributed by atoms with E-state index in [1.165, 1.54) is 11.1 Å². The third-order valence-electron chi connectivity index (χ3n) is 6.05. The lowest BCUT2D eigenvalue weighted by Gasteiger charge is -2.31. The number of carbonyl (C=O) groups is 3. The van der Waals surface area contributed by atoms with Gasteiger partial charge in [-0.05, 0) is 29.3 Å². The highest BCUT2D eigenvalue weighted by molar-refractivity contribution is 6.33. The van der Waals surface area contributed by atoms with Crippen LogP contribution in [0.15, 0.2) is 42.5 Å². The highest BCUT2D eigenvalue weighted by Gasteiger charge is 2.27. The van der Waals surface area contributed by atoms with Crippen molar-refractivity contribution < 1.29 is 14.4 Å².